The number of nitrogens with zero attached hydrogens (tertiary/aromatic N) is 1. The number of hydrogen-bond donors (Lipinski definition) is 0. The molecule has 0 bridgehead atoms. The maximum atomic E-state index is 11.8. The quantitative estimate of drug-likeness (QED) is 0.588. The van der Waals surface area contributed by atoms with Gasteiger partial charge >= 0.3 is 0 Å². The molecule has 2 fully saturated rings. The van der Waals surface area contributed by atoms with E-state index < -0.39 is 0 Å². The summed E-state index contributed by atoms with van der Waals surface area (Å²) >= 11 is 0. The van der Waals surface area contributed by atoms with Crippen LogP contribution in [-0.4, -0.2) is 23.4 Å². The molecule has 2 nitrogen and oxygen atoms in total. The minimum atomic E-state index is -0.0664. The lowest BCUT2D eigenvalue weighted by Crippen LogP contribution is -2.62. The van der Waals surface area contributed by atoms with Crippen LogP contribution in [0.15, 0.2) is 0 Å². The number of carbonyl (C=O) groups is 1. The first-order chi connectivity index (χ1) is 6.50. The van der Waals surface area contributed by atoms with Crippen molar-refractivity contribution in [3.05, 3.63) is 0 Å². The molecule has 0 aromatic heterocycles. The van der Waals surface area contributed by atoms with E-state index in [9.17, 15) is 4.79 Å². The molecule has 0 N–H and O–H groups in total. The predicted octanol–water partition coefficient (Wildman–Crippen LogP) is 2.43. The number of hydrogen-bond acceptors (Lipinski definition) is 1. The van der Waals surface area contributed by atoms with Crippen LogP contribution in [0.4, 0.5) is 0 Å². The Kier molecular flexibility index (Phi) is 2.32. The van der Waals surface area contributed by atoms with Gasteiger partial charge in [-0.15, -0.1) is 0 Å². The summed E-state index contributed by atoms with van der Waals surface area (Å²) in [5, 5.41) is 0. The van der Waals surface area contributed by atoms with E-state index >= 15 is 0 Å². The number of rotatable bonds is 1. The van der Waals surface area contributed by atoms with E-state index in [2.05, 4.69) is 25.7 Å². The standard InChI is InChI=1S/C12H21NO/c1-9-4-6-10(7-5-9)13-8-12(2,3)11(13)14/h9-10H,4-8H2,1-3H3. The van der Waals surface area contributed by atoms with Crippen molar-refractivity contribution >= 4 is 5.91 Å². The minimum absolute atomic E-state index is 0.0664. The van der Waals surface area contributed by atoms with E-state index in [1.54, 1.807) is 0 Å². The first kappa shape index (κ1) is 10.0. The van der Waals surface area contributed by atoms with Crippen LogP contribution in [-0.2, 0) is 4.79 Å². The van der Waals surface area contributed by atoms with Gasteiger partial charge in [0.2, 0.25) is 5.91 Å². The van der Waals surface area contributed by atoms with Crippen LogP contribution in [0, 0.1) is 11.3 Å². The number of likely N-dealkylation sites (tertiary alicyclic amines) is 1. The average molecular weight is 195 g/mol. The molecule has 2 rings (SSSR count). The zero-order chi connectivity index (χ0) is 10.3. The van der Waals surface area contributed by atoms with Crippen molar-refractivity contribution in [2.75, 3.05) is 6.54 Å². The summed E-state index contributed by atoms with van der Waals surface area (Å²) in [6.45, 7) is 7.40. The second kappa shape index (κ2) is 3.25. The molecule has 0 aromatic carbocycles. The predicted molar refractivity (Wildman–Crippen MR) is 56.9 cm³/mol. The summed E-state index contributed by atoms with van der Waals surface area (Å²) in [7, 11) is 0. The van der Waals surface area contributed by atoms with E-state index in [-0.39, 0.29) is 5.41 Å². The molecule has 80 valence electrons. The Morgan fingerprint density at radius 1 is 1.21 bits per heavy atom. The number of carbonyl (C=O) groups excluding carboxylic acids is 1. The molecule has 1 aliphatic heterocycles. The summed E-state index contributed by atoms with van der Waals surface area (Å²) in [4.78, 5) is 13.9. The number of amides is 1. The zero-order valence-corrected chi connectivity index (χ0v) is 9.55. The molecule has 0 atom stereocenters. The molecule has 1 amide bonds. The molecule has 2 heteroatoms. The summed E-state index contributed by atoms with van der Waals surface area (Å²) in [5.41, 5.74) is -0.0664. The summed E-state index contributed by atoms with van der Waals surface area (Å²) < 4.78 is 0. The third kappa shape index (κ3) is 1.55. The summed E-state index contributed by atoms with van der Waals surface area (Å²) in [6.07, 6.45) is 5.05. The Labute approximate surface area is 86.7 Å². The summed E-state index contributed by atoms with van der Waals surface area (Å²) in [6, 6.07) is 0.562. The lowest BCUT2D eigenvalue weighted by Gasteiger charge is -2.50. The molecule has 0 spiro atoms. The van der Waals surface area contributed by atoms with E-state index in [4.69, 9.17) is 0 Å². The van der Waals surface area contributed by atoms with Gasteiger partial charge in [-0.1, -0.05) is 6.92 Å². The van der Waals surface area contributed by atoms with Gasteiger partial charge in [-0.05, 0) is 45.4 Å². The molecule has 1 saturated heterocycles. The van der Waals surface area contributed by atoms with Gasteiger partial charge in [0.1, 0.15) is 0 Å². The minimum Gasteiger partial charge on any atom is -0.338 e. The van der Waals surface area contributed by atoms with Crippen molar-refractivity contribution in [1.82, 2.24) is 4.90 Å². The molecule has 1 heterocycles. The third-order valence-corrected chi connectivity index (χ3v) is 3.83. The third-order valence-electron chi connectivity index (χ3n) is 3.83. The smallest absolute Gasteiger partial charge is 0.230 e. The number of β-lactam (4-membered cyclic amide) rings is 1. The van der Waals surface area contributed by atoms with Gasteiger partial charge < -0.3 is 4.90 Å². The fraction of sp³-hybridized carbons (Fsp3) is 0.917. The van der Waals surface area contributed by atoms with Crippen molar-refractivity contribution in [1.29, 1.82) is 0 Å². The van der Waals surface area contributed by atoms with Gasteiger partial charge in [-0.2, -0.15) is 0 Å². The molecule has 0 radical (unpaired) electrons. The molecule has 1 aliphatic carbocycles. The molecule has 0 aromatic rings. The van der Waals surface area contributed by atoms with Crippen LogP contribution in [0.25, 0.3) is 0 Å². The van der Waals surface area contributed by atoms with Gasteiger partial charge in [-0.3, -0.25) is 4.79 Å². The van der Waals surface area contributed by atoms with Crippen molar-refractivity contribution in [2.45, 2.75) is 52.5 Å². The fourth-order valence-electron chi connectivity index (χ4n) is 2.71. The lowest BCUT2D eigenvalue weighted by atomic mass is 9.78. The molecular formula is C12H21NO. The lowest BCUT2D eigenvalue weighted by molar-refractivity contribution is -0.162. The average Bonchev–Trinajstić information content (AvgIpc) is 2.16. The van der Waals surface area contributed by atoms with Crippen LogP contribution in [0.5, 0.6) is 0 Å². The van der Waals surface area contributed by atoms with Gasteiger partial charge in [-0.25, -0.2) is 0 Å². The van der Waals surface area contributed by atoms with E-state index in [1.807, 2.05) is 0 Å². The van der Waals surface area contributed by atoms with E-state index in [0.717, 1.165) is 12.5 Å². The van der Waals surface area contributed by atoms with Crippen molar-refractivity contribution < 1.29 is 4.79 Å². The van der Waals surface area contributed by atoms with Crippen LogP contribution >= 0.6 is 0 Å². The monoisotopic (exact) mass is 195 g/mol. The summed E-state index contributed by atoms with van der Waals surface area (Å²) in [5.74, 6) is 1.24. The van der Waals surface area contributed by atoms with Crippen LogP contribution in [0.3, 0.4) is 0 Å². The Balaban J connectivity index is 1.90. The highest BCUT2D eigenvalue weighted by Gasteiger charge is 2.47. The van der Waals surface area contributed by atoms with E-state index in [0.29, 0.717) is 11.9 Å². The Hall–Kier alpha value is -0.530. The normalized spacial score (nSPS) is 36.8. The Morgan fingerprint density at radius 2 is 1.79 bits per heavy atom. The molecular weight excluding hydrogens is 174 g/mol. The zero-order valence-electron chi connectivity index (χ0n) is 9.55. The van der Waals surface area contributed by atoms with Gasteiger partial charge in [0.15, 0.2) is 0 Å². The van der Waals surface area contributed by atoms with Gasteiger partial charge in [0.05, 0.1) is 5.41 Å². The highest BCUT2D eigenvalue weighted by Crippen LogP contribution is 2.37. The highest BCUT2D eigenvalue weighted by molar-refractivity contribution is 5.88. The SMILES string of the molecule is CC1CCC(N2CC(C)(C)C2=O)CC1. The largest absolute Gasteiger partial charge is 0.338 e. The van der Waals surface area contributed by atoms with Crippen molar-refractivity contribution in [3.63, 3.8) is 0 Å². The first-order valence-electron chi connectivity index (χ1n) is 5.82. The Morgan fingerprint density at radius 3 is 2.21 bits per heavy atom. The fourth-order valence-corrected chi connectivity index (χ4v) is 2.71. The van der Waals surface area contributed by atoms with Crippen LogP contribution < -0.4 is 0 Å². The maximum Gasteiger partial charge on any atom is 0.230 e. The highest BCUT2D eigenvalue weighted by atomic mass is 16.2. The molecule has 0 unspecified atom stereocenters. The molecule has 1 saturated carbocycles. The molecule has 14 heavy (non-hydrogen) atoms. The molecule has 2 aliphatic rings. The van der Waals surface area contributed by atoms with Crippen LogP contribution in [0.2, 0.25) is 0 Å². The van der Waals surface area contributed by atoms with Crippen molar-refractivity contribution in [3.8, 4) is 0 Å². The topological polar surface area (TPSA) is 20.3 Å². The second-order valence-corrected chi connectivity index (χ2v) is 5.73. The van der Waals surface area contributed by atoms with Crippen LogP contribution in [0.1, 0.15) is 46.5 Å². The second-order valence-electron chi connectivity index (χ2n) is 5.73. The van der Waals surface area contributed by atoms with E-state index in [1.165, 1.54) is 25.7 Å². The van der Waals surface area contributed by atoms with Gasteiger partial charge in [0.25, 0.3) is 0 Å². The maximum absolute atomic E-state index is 11.8. The Bertz CT molecular complexity index is 239. The van der Waals surface area contributed by atoms with Crippen molar-refractivity contribution in [2.24, 2.45) is 11.3 Å². The first-order valence-corrected chi connectivity index (χ1v) is 5.82. The van der Waals surface area contributed by atoms with Gasteiger partial charge in [0, 0.05) is 12.6 Å².